The molecule has 0 fully saturated rings. The third-order valence-electron chi connectivity index (χ3n) is 3.37. The van der Waals surface area contributed by atoms with Gasteiger partial charge in [0.15, 0.2) is 0 Å². The van der Waals surface area contributed by atoms with E-state index in [1.165, 1.54) is 11.1 Å². The molecule has 1 N–H and O–H groups in total. The zero-order chi connectivity index (χ0) is 14.7. The van der Waals surface area contributed by atoms with Gasteiger partial charge in [0.2, 0.25) is 0 Å². The summed E-state index contributed by atoms with van der Waals surface area (Å²) in [5.41, 5.74) is 3.99. The second kappa shape index (κ2) is 6.10. The number of hydrogen-bond donors (Lipinski definition) is 1. The molecule has 104 valence electrons. The maximum absolute atomic E-state index is 12.2. The highest BCUT2D eigenvalue weighted by molar-refractivity contribution is 6.33. The fourth-order valence-electron chi connectivity index (χ4n) is 2.22. The topological polar surface area (TPSA) is 29.1 Å². The molecule has 0 aliphatic rings. The minimum absolute atomic E-state index is 0.0568. The standard InChI is InChI=1S/C17H18ClNO/c1-11-8-9-12(2)15(10-11)13(3)19-17(20)14-6-4-5-7-16(14)18/h4-10,13H,1-3H3,(H,19,20)/t13-/m1/s1. The first-order chi connectivity index (χ1) is 9.49. The van der Waals surface area contributed by atoms with Crippen molar-refractivity contribution >= 4 is 17.5 Å². The summed E-state index contributed by atoms with van der Waals surface area (Å²) in [5, 5.41) is 3.47. The van der Waals surface area contributed by atoms with Gasteiger partial charge in [-0.3, -0.25) is 4.79 Å². The monoisotopic (exact) mass is 287 g/mol. The van der Waals surface area contributed by atoms with E-state index in [2.05, 4.69) is 23.5 Å². The molecule has 0 unspecified atom stereocenters. The Morgan fingerprint density at radius 2 is 1.85 bits per heavy atom. The Balaban J connectivity index is 2.19. The van der Waals surface area contributed by atoms with E-state index in [0.29, 0.717) is 10.6 Å². The lowest BCUT2D eigenvalue weighted by molar-refractivity contribution is 0.0940. The highest BCUT2D eigenvalue weighted by Crippen LogP contribution is 2.21. The number of hydrogen-bond acceptors (Lipinski definition) is 1. The van der Waals surface area contributed by atoms with Crippen LogP contribution >= 0.6 is 11.6 Å². The van der Waals surface area contributed by atoms with E-state index < -0.39 is 0 Å². The Kier molecular flexibility index (Phi) is 4.46. The van der Waals surface area contributed by atoms with Crippen LogP contribution in [-0.4, -0.2) is 5.91 Å². The van der Waals surface area contributed by atoms with Crippen LogP contribution in [0.2, 0.25) is 5.02 Å². The molecule has 2 aromatic carbocycles. The van der Waals surface area contributed by atoms with E-state index in [-0.39, 0.29) is 11.9 Å². The molecule has 0 aliphatic heterocycles. The maximum Gasteiger partial charge on any atom is 0.253 e. The number of halogens is 1. The fraction of sp³-hybridized carbons (Fsp3) is 0.235. The van der Waals surface area contributed by atoms with E-state index >= 15 is 0 Å². The van der Waals surface area contributed by atoms with Crippen molar-refractivity contribution in [3.63, 3.8) is 0 Å². The lowest BCUT2D eigenvalue weighted by Gasteiger charge is -2.17. The molecule has 3 heteroatoms. The van der Waals surface area contributed by atoms with E-state index in [9.17, 15) is 4.79 Å². The molecule has 2 nitrogen and oxygen atoms in total. The molecule has 0 radical (unpaired) electrons. The Labute approximate surface area is 124 Å². The van der Waals surface area contributed by atoms with E-state index in [4.69, 9.17) is 11.6 Å². The predicted octanol–water partition coefficient (Wildman–Crippen LogP) is 4.45. The molecular formula is C17H18ClNO. The minimum Gasteiger partial charge on any atom is -0.345 e. The van der Waals surface area contributed by atoms with Crippen LogP contribution in [0.15, 0.2) is 42.5 Å². The zero-order valence-corrected chi connectivity index (χ0v) is 12.7. The van der Waals surface area contributed by atoms with Crippen molar-refractivity contribution in [2.75, 3.05) is 0 Å². The summed E-state index contributed by atoms with van der Waals surface area (Å²) < 4.78 is 0. The van der Waals surface area contributed by atoms with E-state index in [0.717, 1.165) is 5.56 Å². The second-order valence-corrected chi connectivity index (χ2v) is 5.44. The van der Waals surface area contributed by atoms with Crippen molar-refractivity contribution in [3.05, 3.63) is 69.7 Å². The lowest BCUT2D eigenvalue weighted by atomic mass is 10.00. The lowest BCUT2D eigenvalue weighted by Crippen LogP contribution is -2.27. The predicted molar refractivity (Wildman–Crippen MR) is 83.2 cm³/mol. The molecule has 0 aromatic heterocycles. The van der Waals surface area contributed by atoms with Crippen LogP contribution in [-0.2, 0) is 0 Å². The van der Waals surface area contributed by atoms with E-state index in [1.807, 2.05) is 32.9 Å². The molecular weight excluding hydrogens is 270 g/mol. The molecule has 1 atom stereocenters. The summed E-state index contributed by atoms with van der Waals surface area (Å²) >= 11 is 6.04. The largest absolute Gasteiger partial charge is 0.345 e. The Morgan fingerprint density at radius 1 is 1.15 bits per heavy atom. The van der Waals surface area contributed by atoms with Gasteiger partial charge in [0.1, 0.15) is 0 Å². The van der Waals surface area contributed by atoms with Gasteiger partial charge in [-0.2, -0.15) is 0 Å². The number of nitrogens with one attached hydrogen (secondary N) is 1. The molecule has 1 amide bonds. The second-order valence-electron chi connectivity index (χ2n) is 5.04. The summed E-state index contributed by atoms with van der Waals surface area (Å²) in [6.45, 7) is 6.08. The highest BCUT2D eigenvalue weighted by atomic mass is 35.5. The van der Waals surface area contributed by atoms with Crippen molar-refractivity contribution in [2.24, 2.45) is 0 Å². The van der Waals surface area contributed by atoms with Gasteiger partial charge < -0.3 is 5.32 Å². The van der Waals surface area contributed by atoms with Gasteiger partial charge in [-0.05, 0) is 44.0 Å². The SMILES string of the molecule is Cc1ccc(C)c([C@@H](C)NC(=O)c2ccccc2Cl)c1. The molecule has 0 saturated heterocycles. The van der Waals surface area contributed by atoms with Crippen molar-refractivity contribution in [3.8, 4) is 0 Å². The number of carbonyl (C=O) groups is 1. The van der Waals surface area contributed by atoms with Gasteiger partial charge >= 0.3 is 0 Å². The summed E-state index contributed by atoms with van der Waals surface area (Å²) in [6.07, 6.45) is 0. The molecule has 0 spiro atoms. The molecule has 0 bridgehead atoms. The van der Waals surface area contributed by atoms with Crippen LogP contribution in [0.3, 0.4) is 0 Å². The molecule has 2 aromatic rings. The van der Waals surface area contributed by atoms with Gasteiger partial charge in [-0.25, -0.2) is 0 Å². The number of benzene rings is 2. The van der Waals surface area contributed by atoms with Gasteiger partial charge in [0, 0.05) is 0 Å². The quantitative estimate of drug-likeness (QED) is 0.888. The summed E-state index contributed by atoms with van der Waals surface area (Å²) in [7, 11) is 0. The van der Waals surface area contributed by atoms with Crippen LogP contribution in [0.5, 0.6) is 0 Å². The van der Waals surface area contributed by atoms with Crippen LogP contribution in [0, 0.1) is 13.8 Å². The molecule has 20 heavy (non-hydrogen) atoms. The van der Waals surface area contributed by atoms with E-state index in [1.54, 1.807) is 12.1 Å². The first-order valence-electron chi connectivity index (χ1n) is 6.61. The fourth-order valence-corrected chi connectivity index (χ4v) is 2.45. The number of amides is 1. The molecule has 0 heterocycles. The average molecular weight is 288 g/mol. The number of rotatable bonds is 3. The smallest absolute Gasteiger partial charge is 0.253 e. The Morgan fingerprint density at radius 3 is 2.55 bits per heavy atom. The summed E-state index contributed by atoms with van der Waals surface area (Å²) in [6, 6.07) is 13.3. The van der Waals surface area contributed by atoms with Crippen molar-refractivity contribution in [1.29, 1.82) is 0 Å². The summed E-state index contributed by atoms with van der Waals surface area (Å²) in [4.78, 5) is 12.2. The van der Waals surface area contributed by atoms with Crippen LogP contribution in [0.1, 0.15) is 40.0 Å². The zero-order valence-electron chi connectivity index (χ0n) is 11.9. The van der Waals surface area contributed by atoms with Crippen LogP contribution < -0.4 is 5.32 Å². The van der Waals surface area contributed by atoms with Gasteiger partial charge in [-0.15, -0.1) is 0 Å². The van der Waals surface area contributed by atoms with Gasteiger partial charge in [0.05, 0.1) is 16.6 Å². The first kappa shape index (κ1) is 14.6. The maximum atomic E-state index is 12.2. The number of carbonyl (C=O) groups excluding carboxylic acids is 1. The van der Waals surface area contributed by atoms with Crippen molar-refractivity contribution in [2.45, 2.75) is 26.8 Å². The molecule has 2 rings (SSSR count). The Bertz CT molecular complexity index is 637. The minimum atomic E-state index is -0.149. The Hall–Kier alpha value is -1.80. The van der Waals surface area contributed by atoms with Crippen molar-refractivity contribution in [1.82, 2.24) is 5.32 Å². The van der Waals surface area contributed by atoms with Crippen LogP contribution in [0.4, 0.5) is 0 Å². The normalized spacial score (nSPS) is 12.0. The van der Waals surface area contributed by atoms with Crippen molar-refractivity contribution < 1.29 is 4.79 Å². The average Bonchev–Trinajstić information content (AvgIpc) is 2.41. The van der Waals surface area contributed by atoms with Gasteiger partial charge in [0.25, 0.3) is 5.91 Å². The third kappa shape index (κ3) is 3.20. The van der Waals surface area contributed by atoms with Crippen LogP contribution in [0.25, 0.3) is 0 Å². The molecule has 0 saturated carbocycles. The summed E-state index contributed by atoms with van der Waals surface area (Å²) in [5.74, 6) is -0.149. The van der Waals surface area contributed by atoms with Gasteiger partial charge in [-0.1, -0.05) is 47.5 Å². The third-order valence-corrected chi connectivity index (χ3v) is 3.70. The molecule has 0 aliphatic carbocycles. The number of aryl methyl sites for hydroxylation is 2. The highest BCUT2D eigenvalue weighted by Gasteiger charge is 2.15. The first-order valence-corrected chi connectivity index (χ1v) is 6.99.